The summed E-state index contributed by atoms with van der Waals surface area (Å²) in [6.45, 7) is 0. The molecule has 1 aromatic rings. The summed E-state index contributed by atoms with van der Waals surface area (Å²) in [5.74, 6) is 0.249. The summed E-state index contributed by atoms with van der Waals surface area (Å²) < 4.78 is 0. The standard InChI is InChI=1S/C6H5BO.2H2O.Pd/c7-5-1-3-6(8)4-2-5;;;/h1-4,8H;2*1H2;/q;;;+2/p-2. The molecule has 0 heterocycles. The van der Waals surface area contributed by atoms with E-state index in [4.69, 9.17) is 13.0 Å². The molecule has 2 radical (unpaired) electrons. The Morgan fingerprint density at radius 3 is 1.64 bits per heavy atom. The van der Waals surface area contributed by atoms with Gasteiger partial charge >= 0.3 is 20.4 Å². The molecule has 0 aliphatic carbocycles. The van der Waals surface area contributed by atoms with Crippen LogP contribution in [0.1, 0.15) is 0 Å². The minimum Gasteiger partial charge on any atom is -0.870 e. The van der Waals surface area contributed by atoms with Gasteiger partial charge in [-0.3, -0.25) is 0 Å². The van der Waals surface area contributed by atoms with Gasteiger partial charge in [0.05, 0.1) is 0 Å². The van der Waals surface area contributed by atoms with Crippen LogP contribution in [0.15, 0.2) is 24.3 Å². The maximum atomic E-state index is 8.70. The fraction of sp³-hybridized carbons (Fsp3) is 0. The van der Waals surface area contributed by atoms with Crippen LogP contribution in [0.4, 0.5) is 0 Å². The van der Waals surface area contributed by atoms with Crippen molar-refractivity contribution in [2.24, 2.45) is 0 Å². The summed E-state index contributed by atoms with van der Waals surface area (Å²) in [7, 11) is 5.32. The average molecular weight is 244 g/mol. The Morgan fingerprint density at radius 2 is 1.36 bits per heavy atom. The van der Waals surface area contributed by atoms with E-state index in [1.54, 1.807) is 24.3 Å². The molecule has 11 heavy (non-hydrogen) atoms. The van der Waals surface area contributed by atoms with Gasteiger partial charge < -0.3 is 16.1 Å². The number of benzene rings is 1. The molecule has 3 nitrogen and oxygen atoms in total. The van der Waals surface area contributed by atoms with Crippen molar-refractivity contribution >= 4 is 13.3 Å². The molecule has 0 aliphatic rings. The van der Waals surface area contributed by atoms with Gasteiger partial charge in [0.1, 0.15) is 13.6 Å². The Labute approximate surface area is 80.1 Å². The van der Waals surface area contributed by atoms with Crippen LogP contribution in [0.5, 0.6) is 5.75 Å². The zero-order valence-electron chi connectivity index (χ0n) is 5.54. The van der Waals surface area contributed by atoms with E-state index < -0.39 is 0 Å². The predicted molar refractivity (Wildman–Crippen MR) is 37.4 cm³/mol. The van der Waals surface area contributed by atoms with Crippen LogP contribution in [0.3, 0.4) is 0 Å². The van der Waals surface area contributed by atoms with Crippen molar-refractivity contribution in [1.29, 1.82) is 0 Å². The van der Waals surface area contributed by atoms with Crippen molar-refractivity contribution in [1.82, 2.24) is 0 Å². The van der Waals surface area contributed by atoms with Gasteiger partial charge in [-0.15, -0.1) is 0 Å². The summed E-state index contributed by atoms with van der Waals surface area (Å²) in [6, 6.07) is 6.40. The molecule has 0 bridgehead atoms. The van der Waals surface area contributed by atoms with Crippen LogP contribution < -0.4 is 5.46 Å². The number of hydrogen-bond acceptors (Lipinski definition) is 3. The Kier molecular flexibility index (Phi) is 12.0. The topological polar surface area (TPSA) is 80.2 Å². The van der Waals surface area contributed by atoms with Crippen molar-refractivity contribution in [2.45, 2.75) is 0 Å². The maximum absolute atomic E-state index is 8.70. The molecule has 0 saturated carbocycles. The normalized spacial score (nSPS) is 6.55. The van der Waals surface area contributed by atoms with E-state index in [-0.39, 0.29) is 37.1 Å². The SMILES string of the molecule is [B]c1ccc(O)cc1.[OH-].[OH-].[Pd+2]. The van der Waals surface area contributed by atoms with Gasteiger partial charge in [-0.25, -0.2) is 0 Å². The summed E-state index contributed by atoms with van der Waals surface area (Å²) >= 11 is 0. The minimum absolute atomic E-state index is 0. The van der Waals surface area contributed by atoms with Crippen molar-refractivity contribution in [3.05, 3.63) is 24.3 Å². The third kappa shape index (κ3) is 6.08. The average Bonchev–Trinajstić information content (AvgIpc) is 1.77. The number of rotatable bonds is 0. The Morgan fingerprint density at radius 1 is 1.00 bits per heavy atom. The summed E-state index contributed by atoms with van der Waals surface area (Å²) in [5.41, 5.74) is 0.669. The van der Waals surface area contributed by atoms with Crippen LogP contribution in [0.25, 0.3) is 0 Å². The van der Waals surface area contributed by atoms with Crippen LogP contribution >= 0.6 is 0 Å². The molecule has 1 aromatic carbocycles. The Bertz CT molecular complexity index is 157. The third-order valence-corrected chi connectivity index (χ3v) is 0.893. The third-order valence-electron chi connectivity index (χ3n) is 0.893. The van der Waals surface area contributed by atoms with E-state index >= 15 is 0 Å². The van der Waals surface area contributed by atoms with Gasteiger partial charge in [-0.1, -0.05) is 17.6 Å². The van der Waals surface area contributed by atoms with Gasteiger partial charge in [0.2, 0.25) is 0 Å². The predicted octanol–water partition coefficient (Wildman–Crippen LogP) is -0.170. The smallest absolute Gasteiger partial charge is 0.870 e. The van der Waals surface area contributed by atoms with E-state index in [1.165, 1.54) is 0 Å². The first-order valence-corrected chi connectivity index (χ1v) is 2.33. The number of aromatic hydroxyl groups is 1. The number of phenolic OH excluding ortho intramolecular Hbond substituents is 1. The van der Waals surface area contributed by atoms with E-state index in [0.29, 0.717) is 5.46 Å². The largest absolute Gasteiger partial charge is 2.00 e. The molecule has 0 aromatic heterocycles. The molecular formula is C6H7BO3Pd. The van der Waals surface area contributed by atoms with E-state index in [0.717, 1.165) is 0 Å². The van der Waals surface area contributed by atoms with Crippen LogP contribution in [0.2, 0.25) is 0 Å². The Hall–Kier alpha value is -0.333. The maximum Gasteiger partial charge on any atom is 2.00 e. The quantitative estimate of drug-likeness (QED) is 0.643. The van der Waals surface area contributed by atoms with E-state index in [1.807, 2.05) is 0 Å². The number of phenols is 1. The zero-order valence-corrected chi connectivity index (χ0v) is 7.10. The molecule has 0 fully saturated rings. The van der Waals surface area contributed by atoms with Crippen molar-refractivity contribution in [3.63, 3.8) is 0 Å². The minimum atomic E-state index is 0. The molecule has 1 rings (SSSR count). The van der Waals surface area contributed by atoms with Crippen molar-refractivity contribution < 1.29 is 36.5 Å². The molecule has 0 aliphatic heterocycles. The Balaban J connectivity index is -0.000000213. The molecule has 5 heteroatoms. The fourth-order valence-corrected chi connectivity index (χ4v) is 0.474. The first-order valence-electron chi connectivity index (χ1n) is 2.33. The molecule has 3 N–H and O–H groups in total. The second kappa shape index (κ2) is 7.77. The molecule has 0 atom stereocenters. The van der Waals surface area contributed by atoms with Crippen LogP contribution in [0, 0.1) is 0 Å². The molecule has 0 saturated heterocycles. The summed E-state index contributed by atoms with van der Waals surface area (Å²) in [4.78, 5) is 0. The monoisotopic (exact) mass is 244 g/mol. The second-order valence-electron chi connectivity index (χ2n) is 1.59. The molecule has 0 unspecified atom stereocenters. The van der Waals surface area contributed by atoms with Crippen LogP contribution in [-0.4, -0.2) is 23.9 Å². The van der Waals surface area contributed by atoms with Gasteiger partial charge in [0.15, 0.2) is 0 Å². The fourth-order valence-electron chi connectivity index (χ4n) is 0.474. The first kappa shape index (κ1) is 17.0. The molecule has 0 amide bonds. The van der Waals surface area contributed by atoms with Gasteiger partial charge in [-0.05, 0) is 12.1 Å². The summed E-state index contributed by atoms with van der Waals surface area (Å²) in [6.07, 6.45) is 0. The van der Waals surface area contributed by atoms with Crippen LogP contribution in [-0.2, 0) is 20.4 Å². The molecule has 0 spiro atoms. The van der Waals surface area contributed by atoms with E-state index in [9.17, 15) is 0 Å². The van der Waals surface area contributed by atoms with Gasteiger partial charge in [-0.2, -0.15) is 0 Å². The second-order valence-corrected chi connectivity index (χ2v) is 1.59. The summed E-state index contributed by atoms with van der Waals surface area (Å²) in [5, 5.41) is 8.70. The molecular weight excluding hydrogens is 237 g/mol. The van der Waals surface area contributed by atoms with Gasteiger partial charge in [0.25, 0.3) is 0 Å². The van der Waals surface area contributed by atoms with Crippen molar-refractivity contribution in [3.8, 4) is 5.75 Å². The number of hydrogen-bond donors (Lipinski definition) is 1. The molecule has 62 valence electrons. The van der Waals surface area contributed by atoms with E-state index in [2.05, 4.69) is 0 Å². The zero-order chi connectivity index (χ0) is 5.98. The van der Waals surface area contributed by atoms with Crippen molar-refractivity contribution in [2.75, 3.05) is 0 Å². The van der Waals surface area contributed by atoms with Gasteiger partial charge in [0, 0.05) is 0 Å². The first-order chi connectivity index (χ1) is 3.79.